The number of hydrogen-bond donors (Lipinski definition) is 3. The molecule has 0 amide bonds. The van der Waals surface area contributed by atoms with Gasteiger partial charge in [0.2, 0.25) is 0 Å². The van der Waals surface area contributed by atoms with E-state index in [1.54, 1.807) is 0 Å². The second-order valence-corrected chi connectivity index (χ2v) is 6.77. The quantitative estimate of drug-likeness (QED) is 0.674. The second-order valence-electron chi connectivity index (χ2n) is 6.77. The average molecular weight is 346 g/mol. The first-order valence-electron chi connectivity index (χ1n) is 9.00. The molecule has 3 N–H and O–H groups in total. The highest BCUT2D eigenvalue weighted by Crippen LogP contribution is 2.27. The maximum atomic E-state index is 9.68. The zero-order valence-corrected chi connectivity index (χ0v) is 14.6. The van der Waals surface area contributed by atoms with Crippen LogP contribution in [-0.4, -0.2) is 29.3 Å². The van der Waals surface area contributed by atoms with Crippen molar-refractivity contribution in [2.75, 3.05) is 23.3 Å². The van der Waals surface area contributed by atoms with Crippen LogP contribution in [0, 0.1) is 11.3 Å². The Morgan fingerprint density at radius 2 is 2.04 bits per heavy atom. The topological polar surface area (TPSA) is 75.1 Å². The van der Waals surface area contributed by atoms with Crippen LogP contribution < -0.4 is 10.2 Å². The van der Waals surface area contributed by atoms with Crippen LogP contribution in [0.2, 0.25) is 0 Å². The van der Waals surface area contributed by atoms with Gasteiger partial charge in [0, 0.05) is 42.4 Å². The molecule has 5 heteroatoms. The molecule has 2 aromatic carbocycles. The first-order chi connectivity index (χ1) is 12.7. The fourth-order valence-corrected chi connectivity index (χ4v) is 3.62. The Kier molecular flexibility index (Phi) is 4.51. The van der Waals surface area contributed by atoms with E-state index in [1.807, 2.05) is 30.5 Å². The van der Waals surface area contributed by atoms with Gasteiger partial charge in [0.1, 0.15) is 6.07 Å². The number of nitrogens with one attached hydrogen (secondary N) is 2. The first-order valence-corrected chi connectivity index (χ1v) is 9.00. The summed E-state index contributed by atoms with van der Waals surface area (Å²) in [6.07, 6.45) is 3.25. The van der Waals surface area contributed by atoms with Crippen molar-refractivity contribution in [2.45, 2.75) is 25.5 Å². The number of benzene rings is 2. The Balaban J connectivity index is 1.51. The predicted molar refractivity (Wildman–Crippen MR) is 104 cm³/mol. The van der Waals surface area contributed by atoms with Crippen molar-refractivity contribution < 1.29 is 5.11 Å². The Morgan fingerprint density at radius 1 is 1.19 bits per heavy atom. The third kappa shape index (κ3) is 3.24. The molecule has 1 aliphatic rings. The Morgan fingerprint density at radius 3 is 2.85 bits per heavy atom. The molecule has 0 unspecified atom stereocenters. The molecule has 3 aromatic rings. The van der Waals surface area contributed by atoms with Crippen LogP contribution in [0.5, 0.6) is 0 Å². The number of H-pyrrole nitrogens is 1. The van der Waals surface area contributed by atoms with Crippen LogP contribution in [0.15, 0.2) is 48.7 Å². The number of anilines is 2. The van der Waals surface area contributed by atoms with Gasteiger partial charge in [0.15, 0.2) is 0 Å². The number of aliphatic hydroxyl groups is 1. The Hall–Kier alpha value is -2.97. The van der Waals surface area contributed by atoms with Gasteiger partial charge in [0.25, 0.3) is 0 Å². The molecule has 132 valence electrons. The summed E-state index contributed by atoms with van der Waals surface area (Å²) in [5.41, 5.74) is 4.92. The summed E-state index contributed by atoms with van der Waals surface area (Å²) in [6.45, 7) is 2.28. The minimum absolute atomic E-state index is 0.214. The van der Waals surface area contributed by atoms with E-state index in [-0.39, 0.29) is 6.10 Å². The number of piperidine rings is 1. The highest BCUT2D eigenvalue weighted by molar-refractivity contribution is 5.83. The fraction of sp³-hybridized carbons (Fsp3) is 0.286. The lowest BCUT2D eigenvalue weighted by molar-refractivity contribution is 0.145. The van der Waals surface area contributed by atoms with Crippen molar-refractivity contribution in [3.63, 3.8) is 0 Å². The molecule has 0 atom stereocenters. The van der Waals surface area contributed by atoms with Gasteiger partial charge in [0.05, 0.1) is 17.4 Å². The lowest BCUT2D eigenvalue weighted by Gasteiger charge is -2.32. The second kappa shape index (κ2) is 7.11. The van der Waals surface area contributed by atoms with Crippen molar-refractivity contribution in [2.24, 2.45) is 0 Å². The zero-order chi connectivity index (χ0) is 17.9. The van der Waals surface area contributed by atoms with Crippen LogP contribution in [0.3, 0.4) is 0 Å². The summed E-state index contributed by atoms with van der Waals surface area (Å²) in [6, 6.07) is 16.6. The van der Waals surface area contributed by atoms with Gasteiger partial charge in [-0.05, 0) is 48.7 Å². The van der Waals surface area contributed by atoms with E-state index in [0.717, 1.165) is 42.8 Å². The number of aromatic nitrogens is 1. The van der Waals surface area contributed by atoms with Gasteiger partial charge in [-0.25, -0.2) is 0 Å². The molecule has 0 aliphatic carbocycles. The molecule has 2 heterocycles. The smallest absolute Gasteiger partial charge is 0.101 e. The minimum Gasteiger partial charge on any atom is -0.393 e. The summed E-state index contributed by atoms with van der Waals surface area (Å²) in [4.78, 5) is 5.42. The predicted octanol–water partition coefficient (Wildman–Crippen LogP) is 3.61. The number of aliphatic hydroxyl groups excluding tert-OH is 1. The van der Waals surface area contributed by atoms with Crippen molar-refractivity contribution in [3.05, 3.63) is 59.8 Å². The van der Waals surface area contributed by atoms with Crippen molar-refractivity contribution in [1.29, 1.82) is 5.26 Å². The number of nitrogens with zero attached hydrogens (tertiary/aromatic N) is 2. The van der Waals surface area contributed by atoms with Gasteiger partial charge < -0.3 is 20.3 Å². The fourth-order valence-electron chi connectivity index (χ4n) is 3.62. The van der Waals surface area contributed by atoms with Crippen LogP contribution in [0.25, 0.3) is 10.9 Å². The molecule has 0 spiro atoms. The molecule has 4 rings (SSSR count). The average Bonchev–Trinajstić information content (AvgIpc) is 3.16. The molecule has 0 bridgehead atoms. The number of fused-ring (bicyclic) bond motifs is 1. The lowest BCUT2D eigenvalue weighted by atomic mass is 10.0. The first kappa shape index (κ1) is 16.5. The van der Waals surface area contributed by atoms with E-state index in [2.05, 4.69) is 39.5 Å². The van der Waals surface area contributed by atoms with Gasteiger partial charge in [-0.3, -0.25) is 0 Å². The molecular formula is C21H22N4O. The largest absolute Gasteiger partial charge is 0.393 e. The Labute approximate surface area is 152 Å². The number of nitriles is 1. The molecule has 1 saturated heterocycles. The SMILES string of the molecule is N#Cc1cc(NCc2cccc3[nH]ccc23)ccc1N1CCC(O)CC1. The monoisotopic (exact) mass is 346 g/mol. The van der Waals surface area contributed by atoms with Gasteiger partial charge in [-0.2, -0.15) is 5.26 Å². The van der Waals surface area contributed by atoms with Crippen molar-refractivity contribution in [3.8, 4) is 6.07 Å². The van der Waals surface area contributed by atoms with Crippen LogP contribution in [-0.2, 0) is 6.54 Å². The number of aromatic amines is 1. The molecule has 0 radical (unpaired) electrons. The lowest BCUT2D eigenvalue weighted by Crippen LogP contribution is -2.36. The van der Waals surface area contributed by atoms with E-state index in [9.17, 15) is 10.4 Å². The molecule has 1 aromatic heterocycles. The van der Waals surface area contributed by atoms with Gasteiger partial charge in [-0.15, -0.1) is 0 Å². The van der Waals surface area contributed by atoms with E-state index in [0.29, 0.717) is 12.1 Å². The van der Waals surface area contributed by atoms with E-state index >= 15 is 0 Å². The van der Waals surface area contributed by atoms with E-state index in [4.69, 9.17) is 0 Å². The van der Waals surface area contributed by atoms with Crippen LogP contribution in [0.4, 0.5) is 11.4 Å². The maximum absolute atomic E-state index is 9.68. The summed E-state index contributed by atoms with van der Waals surface area (Å²) < 4.78 is 0. The van der Waals surface area contributed by atoms with Gasteiger partial charge >= 0.3 is 0 Å². The zero-order valence-electron chi connectivity index (χ0n) is 14.6. The molecule has 1 aliphatic heterocycles. The third-order valence-electron chi connectivity index (χ3n) is 5.09. The summed E-state index contributed by atoms with van der Waals surface area (Å²) in [7, 11) is 0. The normalized spacial score (nSPS) is 15.2. The summed E-state index contributed by atoms with van der Waals surface area (Å²) in [5, 5.41) is 23.9. The summed E-state index contributed by atoms with van der Waals surface area (Å²) in [5.74, 6) is 0. The summed E-state index contributed by atoms with van der Waals surface area (Å²) >= 11 is 0. The number of hydrogen-bond acceptors (Lipinski definition) is 4. The highest BCUT2D eigenvalue weighted by Gasteiger charge is 2.19. The van der Waals surface area contributed by atoms with Crippen molar-refractivity contribution in [1.82, 2.24) is 4.98 Å². The van der Waals surface area contributed by atoms with E-state index in [1.165, 1.54) is 10.9 Å². The standard InChI is InChI=1S/C21H22N4O/c22-13-16-12-17(4-5-21(16)25-10-7-18(26)8-11-25)24-14-15-2-1-3-20-19(15)6-9-23-20/h1-6,9,12,18,23-24,26H,7-8,10-11,14H2. The molecular weight excluding hydrogens is 324 g/mol. The third-order valence-corrected chi connectivity index (χ3v) is 5.09. The molecule has 0 saturated carbocycles. The maximum Gasteiger partial charge on any atom is 0.101 e. The molecule has 26 heavy (non-hydrogen) atoms. The van der Waals surface area contributed by atoms with Crippen molar-refractivity contribution >= 4 is 22.3 Å². The van der Waals surface area contributed by atoms with Crippen LogP contribution in [0.1, 0.15) is 24.0 Å². The Bertz CT molecular complexity index is 948. The van der Waals surface area contributed by atoms with Gasteiger partial charge in [-0.1, -0.05) is 12.1 Å². The molecule has 5 nitrogen and oxygen atoms in total. The molecule has 1 fully saturated rings. The number of rotatable bonds is 4. The van der Waals surface area contributed by atoms with E-state index < -0.39 is 0 Å². The highest BCUT2D eigenvalue weighted by atomic mass is 16.3. The van der Waals surface area contributed by atoms with Crippen LogP contribution >= 0.6 is 0 Å². The minimum atomic E-state index is -0.214.